The van der Waals surface area contributed by atoms with Gasteiger partial charge in [-0.1, -0.05) is 12.1 Å². The third kappa shape index (κ3) is 1.93. The first-order valence-corrected chi connectivity index (χ1v) is 6.24. The summed E-state index contributed by atoms with van der Waals surface area (Å²) in [5, 5.41) is 10.1. The van der Waals surface area contributed by atoms with Crippen molar-refractivity contribution in [3.05, 3.63) is 35.0 Å². The molecule has 2 aromatic rings. The van der Waals surface area contributed by atoms with Crippen LogP contribution in [0.3, 0.4) is 0 Å². The Labute approximate surface area is 111 Å². The first kappa shape index (κ1) is 13.3. The molecule has 19 heavy (non-hydrogen) atoms. The predicted octanol–water partition coefficient (Wildman–Crippen LogP) is 3.43. The molecule has 1 N–H and O–H groups in total. The van der Waals surface area contributed by atoms with E-state index in [1.807, 2.05) is 31.4 Å². The fraction of sp³-hybridized carbons (Fsp3) is 0.333. The Kier molecular flexibility index (Phi) is 3.18. The number of carboxylic acid groups (broad SMARTS) is 1. The summed E-state index contributed by atoms with van der Waals surface area (Å²) in [6.45, 7) is 7.34. The molecule has 0 atom stereocenters. The Morgan fingerprint density at radius 2 is 1.89 bits per heavy atom. The molecular weight excluding hydrogens is 242 g/mol. The van der Waals surface area contributed by atoms with Gasteiger partial charge in [-0.15, -0.1) is 0 Å². The van der Waals surface area contributed by atoms with Crippen LogP contribution in [-0.4, -0.2) is 21.4 Å². The zero-order valence-electron chi connectivity index (χ0n) is 11.5. The van der Waals surface area contributed by atoms with Crippen molar-refractivity contribution in [1.29, 1.82) is 0 Å². The summed E-state index contributed by atoms with van der Waals surface area (Å²) in [4.78, 5) is 23.2. The Balaban J connectivity index is 3.03. The van der Waals surface area contributed by atoms with Crippen molar-refractivity contribution in [1.82, 2.24) is 4.57 Å². The molecule has 4 nitrogen and oxygen atoms in total. The van der Waals surface area contributed by atoms with Crippen molar-refractivity contribution >= 4 is 22.7 Å². The number of hydrogen-bond acceptors (Lipinski definition) is 2. The lowest BCUT2D eigenvalue weighted by molar-refractivity contribution is 0.0698. The van der Waals surface area contributed by atoms with E-state index in [2.05, 4.69) is 0 Å². The monoisotopic (exact) mass is 259 g/mol. The average molecular weight is 259 g/mol. The van der Waals surface area contributed by atoms with Gasteiger partial charge in [0.15, 0.2) is 5.78 Å². The molecule has 1 heterocycles. The van der Waals surface area contributed by atoms with E-state index in [4.69, 9.17) is 0 Å². The van der Waals surface area contributed by atoms with Gasteiger partial charge in [0.2, 0.25) is 0 Å². The van der Waals surface area contributed by atoms with E-state index in [1.165, 1.54) is 6.92 Å². The van der Waals surface area contributed by atoms with E-state index in [0.29, 0.717) is 11.1 Å². The van der Waals surface area contributed by atoms with Gasteiger partial charge in [-0.2, -0.15) is 0 Å². The van der Waals surface area contributed by atoms with Crippen molar-refractivity contribution in [2.24, 2.45) is 0 Å². The maximum Gasteiger partial charge on any atom is 0.337 e. The van der Waals surface area contributed by atoms with Crippen molar-refractivity contribution in [2.75, 3.05) is 0 Å². The fourth-order valence-electron chi connectivity index (χ4n) is 2.75. The van der Waals surface area contributed by atoms with Crippen LogP contribution >= 0.6 is 0 Å². The SMILES string of the molecule is CC(=O)c1c(C)n(C(C)C)c2c(C(=O)O)cccc12. The molecule has 0 saturated carbocycles. The molecule has 4 heteroatoms. The Bertz CT molecular complexity index is 680. The zero-order valence-corrected chi connectivity index (χ0v) is 11.5. The standard InChI is InChI=1S/C15H17NO3/c1-8(2)16-9(3)13(10(4)17)11-6-5-7-12(14(11)16)15(18)19/h5-8H,1-4H3,(H,18,19). The summed E-state index contributed by atoms with van der Waals surface area (Å²) in [6, 6.07) is 5.16. The molecule has 0 aliphatic carbocycles. The van der Waals surface area contributed by atoms with Gasteiger partial charge >= 0.3 is 5.97 Å². The molecule has 1 aromatic carbocycles. The highest BCUT2D eigenvalue weighted by atomic mass is 16.4. The van der Waals surface area contributed by atoms with E-state index >= 15 is 0 Å². The third-order valence-corrected chi connectivity index (χ3v) is 3.37. The van der Waals surface area contributed by atoms with E-state index in [1.54, 1.807) is 12.1 Å². The number of nitrogens with zero attached hydrogens (tertiary/aromatic N) is 1. The molecule has 0 bridgehead atoms. The minimum absolute atomic E-state index is 0.0376. The number of hydrogen-bond donors (Lipinski definition) is 1. The summed E-state index contributed by atoms with van der Waals surface area (Å²) in [7, 11) is 0. The van der Waals surface area contributed by atoms with Crippen LogP contribution in [0.4, 0.5) is 0 Å². The lowest BCUT2D eigenvalue weighted by Gasteiger charge is -2.13. The van der Waals surface area contributed by atoms with Crippen LogP contribution in [0.1, 0.15) is 53.2 Å². The molecule has 0 saturated heterocycles. The molecule has 2 rings (SSSR count). The van der Waals surface area contributed by atoms with Crippen LogP contribution in [0.25, 0.3) is 10.9 Å². The highest BCUT2D eigenvalue weighted by Crippen LogP contribution is 2.31. The molecule has 1 aromatic heterocycles. The van der Waals surface area contributed by atoms with Gasteiger partial charge < -0.3 is 9.67 Å². The van der Waals surface area contributed by atoms with Crippen LogP contribution in [-0.2, 0) is 0 Å². The van der Waals surface area contributed by atoms with Crippen molar-refractivity contribution in [3.8, 4) is 0 Å². The number of ketones is 1. The van der Waals surface area contributed by atoms with Gasteiger partial charge in [0.25, 0.3) is 0 Å². The fourth-order valence-corrected chi connectivity index (χ4v) is 2.75. The largest absolute Gasteiger partial charge is 0.478 e. The van der Waals surface area contributed by atoms with Crippen molar-refractivity contribution < 1.29 is 14.7 Å². The number of aromatic nitrogens is 1. The smallest absolute Gasteiger partial charge is 0.337 e. The summed E-state index contributed by atoms with van der Waals surface area (Å²) in [6.07, 6.45) is 0. The number of benzene rings is 1. The Morgan fingerprint density at radius 3 is 2.37 bits per heavy atom. The van der Waals surface area contributed by atoms with Gasteiger partial charge in [0, 0.05) is 22.7 Å². The Morgan fingerprint density at radius 1 is 1.26 bits per heavy atom. The molecule has 0 aliphatic rings. The number of rotatable bonds is 3. The van der Waals surface area contributed by atoms with E-state index in [9.17, 15) is 14.7 Å². The lowest BCUT2D eigenvalue weighted by Crippen LogP contribution is -2.07. The van der Waals surface area contributed by atoms with E-state index in [0.717, 1.165) is 11.1 Å². The van der Waals surface area contributed by atoms with Gasteiger partial charge in [0.05, 0.1) is 11.1 Å². The first-order valence-electron chi connectivity index (χ1n) is 6.24. The summed E-state index contributed by atoms with van der Waals surface area (Å²) in [5.74, 6) is -1.01. The molecule has 0 aliphatic heterocycles. The van der Waals surface area contributed by atoms with Gasteiger partial charge in [-0.25, -0.2) is 4.79 Å². The second kappa shape index (κ2) is 4.53. The molecule has 0 radical (unpaired) electrons. The maximum atomic E-state index is 11.8. The van der Waals surface area contributed by atoms with Crippen LogP contribution in [0.5, 0.6) is 0 Å². The van der Waals surface area contributed by atoms with E-state index < -0.39 is 5.97 Å². The van der Waals surface area contributed by atoms with Crippen molar-refractivity contribution in [2.45, 2.75) is 33.7 Å². The minimum Gasteiger partial charge on any atom is -0.478 e. The normalized spacial score (nSPS) is 11.2. The molecule has 0 amide bonds. The van der Waals surface area contributed by atoms with Crippen LogP contribution < -0.4 is 0 Å². The molecule has 100 valence electrons. The number of carboxylic acids is 1. The second-order valence-electron chi connectivity index (χ2n) is 4.99. The summed E-state index contributed by atoms with van der Waals surface area (Å²) >= 11 is 0. The van der Waals surface area contributed by atoms with E-state index in [-0.39, 0.29) is 17.4 Å². The Hall–Kier alpha value is -2.10. The van der Waals surface area contributed by atoms with Gasteiger partial charge in [-0.3, -0.25) is 4.79 Å². The highest BCUT2D eigenvalue weighted by molar-refractivity contribution is 6.13. The molecule has 0 fully saturated rings. The lowest BCUT2D eigenvalue weighted by atomic mass is 10.1. The number of carbonyl (C=O) groups is 2. The van der Waals surface area contributed by atoms with Crippen LogP contribution in [0.15, 0.2) is 18.2 Å². The zero-order chi connectivity index (χ0) is 14.3. The van der Waals surface area contributed by atoms with Crippen LogP contribution in [0.2, 0.25) is 0 Å². The minimum atomic E-state index is -0.972. The number of para-hydroxylation sites is 1. The second-order valence-corrected chi connectivity index (χ2v) is 4.99. The number of Topliss-reactive ketones (excluding diaryl/α,β-unsaturated/α-hetero) is 1. The molecule has 0 unspecified atom stereocenters. The first-order chi connectivity index (χ1) is 8.86. The van der Waals surface area contributed by atoms with Crippen molar-refractivity contribution in [3.63, 3.8) is 0 Å². The highest BCUT2D eigenvalue weighted by Gasteiger charge is 2.22. The maximum absolute atomic E-state index is 11.8. The third-order valence-electron chi connectivity index (χ3n) is 3.37. The number of carbonyl (C=O) groups excluding carboxylic acids is 1. The van der Waals surface area contributed by atoms with Gasteiger partial charge in [-0.05, 0) is 33.8 Å². The predicted molar refractivity (Wildman–Crippen MR) is 74.0 cm³/mol. The molecular formula is C15H17NO3. The topological polar surface area (TPSA) is 59.3 Å². The van der Waals surface area contributed by atoms with Gasteiger partial charge in [0.1, 0.15) is 0 Å². The number of aromatic carboxylic acids is 1. The number of fused-ring (bicyclic) bond motifs is 1. The summed E-state index contributed by atoms with van der Waals surface area (Å²) in [5.41, 5.74) is 2.31. The quantitative estimate of drug-likeness (QED) is 0.859. The van der Waals surface area contributed by atoms with Crippen LogP contribution in [0, 0.1) is 6.92 Å². The average Bonchev–Trinajstić information content (AvgIpc) is 2.59. The molecule has 0 spiro atoms. The summed E-state index contributed by atoms with van der Waals surface area (Å²) < 4.78 is 1.93.